The first-order valence-corrected chi connectivity index (χ1v) is 6.48. The van der Waals surface area contributed by atoms with Gasteiger partial charge in [0.05, 0.1) is 0 Å². The fourth-order valence-electron chi connectivity index (χ4n) is 2.20. The molecule has 0 aliphatic carbocycles. The lowest BCUT2D eigenvalue weighted by Gasteiger charge is -2.20. The molecule has 1 radical (unpaired) electrons. The van der Waals surface area contributed by atoms with Gasteiger partial charge >= 0.3 is 0 Å². The first-order valence-electron chi connectivity index (χ1n) is 6.48. The molecule has 0 bridgehead atoms. The third-order valence-electron chi connectivity index (χ3n) is 3.34. The van der Waals surface area contributed by atoms with Gasteiger partial charge < -0.3 is 0 Å². The Morgan fingerprint density at radius 2 is 1.67 bits per heavy atom. The molecule has 0 aliphatic heterocycles. The second-order valence-electron chi connectivity index (χ2n) is 6.06. The predicted octanol–water partition coefficient (Wildman–Crippen LogP) is 5.07. The van der Waals surface area contributed by atoms with Crippen LogP contribution in [0.3, 0.4) is 0 Å². The monoisotopic (exact) mass is 237 g/mol. The van der Waals surface area contributed by atoms with E-state index in [-0.39, 0.29) is 5.41 Å². The summed E-state index contributed by atoms with van der Waals surface area (Å²) >= 11 is 0. The smallest absolute Gasteiger partial charge is 0.00989 e. The van der Waals surface area contributed by atoms with Crippen LogP contribution in [0.5, 0.6) is 0 Å². The molecular formula is C18H21. The molecule has 0 N–H and O–H groups in total. The molecule has 0 spiro atoms. The maximum atomic E-state index is 3.36. The molecule has 2 aromatic rings. The number of rotatable bonds is 1. The van der Waals surface area contributed by atoms with Crippen molar-refractivity contribution in [3.8, 4) is 11.1 Å². The second kappa shape index (κ2) is 4.61. The third-order valence-corrected chi connectivity index (χ3v) is 3.34. The molecule has 0 nitrogen and oxygen atoms in total. The van der Waals surface area contributed by atoms with Gasteiger partial charge in [-0.15, -0.1) is 0 Å². The van der Waals surface area contributed by atoms with Gasteiger partial charge in [-0.3, -0.25) is 0 Å². The molecule has 0 heteroatoms. The van der Waals surface area contributed by atoms with Crippen LogP contribution >= 0.6 is 0 Å². The Kier molecular flexibility index (Phi) is 3.30. The number of aryl methyl sites for hydroxylation is 2. The Bertz CT molecular complexity index is 556. The van der Waals surface area contributed by atoms with Crippen molar-refractivity contribution in [2.75, 3.05) is 0 Å². The normalized spacial score (nSPS) is 11.6. The fraction of sp³-hybridized carbons (Fsp3) is 0.333. The maximum absolute atomic E-state index is 3.36. The van der Waals surface area contributed by atoms with Crippen LogP contribution in [0.15, 0.2) is 36.4 Å². The lowest BCUT2D eigenvalue weighted by atomic mass is 9.85. The van der Waals surface area contributed by atoms with Crippen LogP contribution in [0.4, 0.5) is 0 Å². The van der Waals surface area contributed by atoms with E-state index in [0.29, 0.717) is 0 Å². The Labute approximate surface area is 111 Å². The molecule has 18 heavy (non-hydrogen) atoms. The van der Waals surface area contributed by atoms with Gasteiger partial charge in [-0.05, 0) is 53.6 Å². The van der Waals surface area contributed by atoms with E-state index >= 15 is 0 Å². The van der Waals surface area contributed by atoms with Gasteiger partial charge in [-0.1, -0.05) is 56.7 Å². The Hall–Kier alpha value is -1.56. The van der Waals surface area contributed by atoms with Gasteiger partial charge in [-0.25, -0.2) is 0 Å². The van der Waals surface area contributed by atoms with Gasteiger partial charge in [-0.2, -0.15) is 0 Å². The molecule has 0 amide bonds. The highest BCUT2D eigenvalue weighted by Gasteiger charge is 2.14. The van der Waals surface area contributed by atoms with Crippen molar-refractivity contribution in [2.24, 2.45) is 0 Å². The van der Waals surface area contributed by atoms with Crippen LogP contribution in [0.25, 0.3) is 11.1 Å². The Morgan fingerprint density at radius 1 is 0.944 bits per heavy atom. The molecule has 0 saturated heterocycles. The topological polar surface area (TPSA) is 0 Å². The quantitative estimate of drug-likeness (QED) is 0.649. The molecule has 0 aromatic heterocycles. The molecule has 0 heterocycles. The zero-order chi connectivity index (χ0) is 13.3. The SMILES string of the molecule is Cc1ccc(-c2[c]ccc(C(C)(C)C)c2)c(C)c1. The Morgan fingerprint density at radius 3 is 2.28 bits per heavy atom. The summed E-state index contributed by atoms with van der Waals surface area (Å²) in [4.78, 5) is 0. The minimum atomic E-state index is 0.183. The number of hydrogen-bond acceptors (Lipinski definition) is 0. The number of benzene rings is 2. The van der Waals surface area contributed by atoms with E-state index in [9.17, 15) is 0 Å². The molecule has 0 atom stereocenters. The summed E-state index contributed by atoms with van der Waals surface area (Å²) in [6.07, 6.45) is 0. The van der Waals surface area contributed by atoms with Crippen LogP contribution in [0.1, 0.15) is 37.5 Å². The van der Waals surface area contributed by atoms with E-state index < -0.39 is 0 Å². The van der Waals surface area contributed by atoms with Gasteiger partial charge in [0.1, 0.15) is 0 Å². The zero-order valence-electron chi connectivity index (χ0n) is 12.0. The summed E-state index contributed by atoms with van der Waals surface area (Å²) in [5.41, 5.74) is 6.64. The van der Waals surface area contributed by atoms with Gasteiger partial charge in [0.25, 0.3) is 0 Å². The lowest BCUT2D eigenvalue weighted by molar-refractivity contribution is 0.590. The summed E-state index contributed by atoms with van der Waals surface area (Å²) in [5, 5.41) is 0. The van der Waals surface area contributed by atoms with Crippen molar-refractivity contribution >= 4 is 0 Å². The van der Waals surface area contributed by atoms with Gasteiger partial charge in [0.2, 0.25) is 0 Å². The van der Waals surface area contributed by atoms with Crippen molar-refractivity contribution in [2.45, 2.75) is 40.0 Å². The minimum Gasteiger partial charge on any atom is -0.0587 e. The Balaban J connectivity index is 2.51. The molecule has 93 valence electrons. The van der Waals surface area contributed by atoms with Crippen LogP contribution in [0, 0.1) is 19.9 Å². The van der Waals surface area contributed by atoms with E-state index in [1.165, 1.54) is 27.8 Å². The summed E-state index contributed by atoms with van der Waals surface area (Å²) < 4.78 is 0. The first-order chi connectivity index (χ1) is 8.38. The summed E-state index contributed by atoms with van der Waals surface area (Å²) in [7, 11) is 0. The fourth-order valence-corrected chi connectivity index (χ4v) is 2.20. The standard InChI is InChI=1S/C18H21/c1-13-9-10-17(14(2)11-13)15-7-6-8-16(12-15)18(3,4)5/h6,8-12H,1-5H3. The minimum absolute atomic E-state index is 0.183. The molecule has 0 fully saturated rings. The van der Waals surface area contributed by atoms with E-state index in [1.54, 1.807) is 0 Å². The summed E-state index contributed by atoms with van der Waals surface area (Å²) in [6, 6.07) is 16.4. The molecule has 0 aliphatic rings. The van der Waals surface area contributed by atoms with Crippen LogP contribution in [-0.2, 0) is 5.41 Å². The van der Waals surface area contributed by atoms with E-state index in [1.807, 2.05) is 6.07 Å². The van der Waals surface area contributed by atoms with Gasteiger partial charge in [0.15, 0.2) is 0 Å². The molecular weight excluding hydrogens is 216 g/mol. The van der Waals surface area contributed by atoms with Crippen molar-refractivity contribution in [1.29, 1.82) is 0 Å². The van der Waals surface area contributed by atoms with Crippen molar-refractivity contribution in [1.82, 2.24) is 0 Å². The average molecular weight is 237 g/mol. The molecule has 0 unspecified atom stereocenters. The van der Waals surface area contributed by atoms with Crippen LogP contribution < -0.4 is 0 Å². The van der Waals surface area contributed by atoms with Gasteiger partial charge in [0, 0.05) is 0 Å². The lowest BCUT2D eigenvalue weighted by Crippen LogP contribution is -2.10. The highest BCUT2D eigenvalue weighted by Crippen LogP contribution is 2.29. The van der Waals surface area contributed by atoms with Crippen molar-refractivity contribution in [3.63, 3.8) is 0 Å². The van der Waals surface area contributed by atoms with Crippen LogP contribution in [-0.4, -0.2) is 0 Å². The summed E-state index contributed by atoms with van der Waals surface area (Å²) in [6.45, 7) is 11.0. The zero-order valence-corrected chi connectivity index (χ0v) is 12.0. The molecule has 2 rings (SSSR count). The average Bonchev–Trinajstić information content (AvgIpc) is 2.28. The summed E-state index contributed by atoms with van der Waals surface area (Å²) in [5.74, 6) is 0. The van der Waals surface area contributed by atoms with E-state index in [4.69, 9.17) is 0 Å². The number of hydrogen-bond donors (Lipinski definition) is 0. The predicted molar refractivity (Wildman–Crippen MR) is 78.9 cm³/mol. The molecule has 2 aromatic carbocycles. The van der Waals surface area contributed by atoms with Crippen molar-refractivity contribution in [3.05, 3.63) is 59.2 Å². The highest BCUT2D eigenvalue weighted by atomic mass is 14.2. The second-order valence-corrected chi connectivity index (χ2v) is 6.06. The van der Waals surface area contributed by atoms with Crippen molar-refractivity contribution < 1.29 is 0 Å². The maximum Gasteiger partial charge on any atom is -0.00989 e. The van der Waals surface area contributed by atoms with E-state index in [2.05, 4.69) is 71.0 Å². The largest absolute Gasteiger partial charge is 0.0587 e. The van der Waals surface area contributed by atoms with Crippen LogP contribution in [0.2, 0.25) is 0 Å². The van der Waals surface area contributed by atoms with E-state index in [0.717, 1.165) is 0 Å². The molecule has 0 saturated carbocycles. The first kappa shape index (κ1) is 12.9. The third kappa shape index (κ3) is 2.64. The highest BCUT2D eigenvalue weighted by molar-refractivity contribution is 5.68.